The van der Waals surface area contributed by atoms with Crippen LogP contribution in [-0.4, -0.2) is 20.8 Å². The van der Waals surface area contributed by atoms with Crippen molar-refractivity contribution in [2.75, 3.05) is 20.8 Å². The largest absolute Gasteiger partial charge is 0.496 e. The average Bonchev–Trinajstić information content (AvgIpc) is 2.28. The van der Waals surface area contributed by atoms with E-state index in [-0.39, 0.29) is 0 Å². The standard InChI is InChI=1S/C11H16FNO2/c1-14-10-6-9(7-12)11(15-2)5-8(10)3-4-13/h5-6H,3-4,7,13H2,1-2H3. The zero-order chi connectivity index (χ0) is 11.3. The summed E-state index contributed by atoms with van der Waals surface area (Å²) >= 11 is 0. The molecular formula is C11H16FNO2. The maximum atomic E-state index is 12.6. The molecule has 1 rings (SSSR count). The van der Waals surface area contributed by atoms with Crippen LogP contribution in [0.25, 0.3) is 0 Å². The molecule has 0 saturated carbocycles. The summed E-state index contributed by atoms with van der Waals surface area (Å²) in [7, 11) is 3.08. The maximum Gasteiger partial charge on any atom is 0.125 e. The molecule has 0 saturated heterocycles. The first-order valence-electron chi connectivity index (χ1n) is 4.76. The minimum Gasteiger partial charge on any atom is -0.496 e. The highest BCUT2D eigenvalue weighted by atomic mass is 19.1. The van der Waals surface area contributed by atoms with Crippen LogP contribution in [0.5, 0.6) is 11.5 Å². The lowest BCUT2D eigenvalue weighted by atomic mass is 10.1. The summed E-state index contributed by atoms with van der Waals surface area (Å²) in [6, 6.07) is 3.43. The number of hydrogen-bond acceptors (Lipinski definition) is 3. The minimum absolute atomic E-state index is 0.495. The van der Waals surface area contributed by atoms with Crippen LogP contribution in [0, 0.1) is 0 Å². The number of ether oxygens (including phenoxy) is 2. The van der Waals surface area contributed by atoms with Gasteiger partial charge in [0.2, 0.25) is 0 Å². The van der Waals surface area contributed by atoms with Crippen LogP contribution in [0.3, 0.4) is 0 Å². The van der Waals surface area contributed by atoms with Gasteiger partial charge >= 0.3 is 0 Å². The van der Waals surface area contributed by atoms with Crippen molar-refractivity contribution in [1.29, 1.82) is 0 Å². The third-order valence-corrected chi connectivity index (χ3v) is 2.24. The molecule has 2 N–H and O–H groups in total. The number of halogens is 1. The fraction of sp³-hybridized carbons (Fsp3) is 0.455. The van der Waals surface area contributed by atoms with E-state index in [1.807, 2.05) is 0 Å². The first-order valence-corrected chi connectivity index (χ1v) is 4.76. The summed E-state index contributed by atoms with van der Waals surface area (Å²) in [4.78, 5) is 0. The fourth-order valence-corrected chi connectivity index (χ4v) is 1.48. The van der Waals surface area contributed by atoms with Crippen molar-refractivity contribution in [3.8, 4) is 11.5 Å². The Bertz CT molecular complexity index is 329. The second-order valence-corrected chi connectivity index (χ2v) is 3.15. The van der Waals surface area contributed by atoms with Crippen molar-refractivity contribution in [1.82, 2.24) is 0 Å². The normalized spacial score (nSPS) is 10.1. The molecule has 3 nitrogen and oxygen atoms in total. The highest BCUT2D eigenvalue weighted by Crippen LogP contribution is 2.29. The molecule has 0 aliphatic carbocycles. The van der Waals surface area contributed by atoms with E-state index in [1.165, 1.54) is 7.11 Å². The Labute approximate surface area is 89.0 Å². The second-order valence-electron chi connectivity index (χ2n) is 3.15. The predicted molar refractivity (Wildman–Crippen MR) is 57.1 cm³/mol. The number of hydrogen-bond donors (Lipinski definition) is 1. The molecule has 1 aromatic carbocycles. The fourth-order valence-electron chi connectivity index (χ4n) is 1.48. The predicted octanol–water partition coefficient (Wildman–Crippen LogP) is 1.67. The zero-order valence-electron chi connectivity index (χ0n) is 9.05. The van der Waals surface area contributed by atoms with Crippen molar-refractivity contribution in [3.63, 3.8) is 0 Å². The first-order chi connectivity index (χ1) is 7.26. The molecule has 0 heterocycles. The molecule has 0 unspecified atom stereocenters. The Morgan fingerprint density at radius 3 is 2.13 bits per heavy atom. The number of nitrogens with two attached hydrogens (primary N) is 1. The first kappa shape index (κ1) is 11.8. The van der Waals surface area contributed by atoms with E-state index in [0.29, 0.717) is 30.0 Å². The van der Waals surface area contributed by atoms with Gasteiger partial charge in [0.25, 0.3) is 0 Å². The molecule has 1 aromatic rings. The van der Waals surface area contributed by atoms with Crippen LogP contribution in [0.4, 0.5) is 4.39 Å². The van der Waals surface area contributed by atoms with Gasteiger partial charge in [0, 0.05) is 5.56 Å². The summed E-state index contributed by atoms with van der Waals surface area (Å²) in [5.41, 5.74) is 6.91. The molecule has 0 amide bonds. The SMILES string of the molecule is COc1cc(CCN)c(OC)cc1CF. The van der Waals surface area contributed by atoms with Crippen molar-refractivity contribution in [3.05, 3.63) is 23.3 Å². The zero-order valence-corrected chi connectivity index (χ0v) is 9.05. The van der Waals surface area contributed by atoms with E-state index < -0.39 is 6.67 Å². The molecule has 4 heteroatoms. The van der Waals surface area contributed by atoms with Gasteiger partial charge in [-0.15, -0.1) is 0 Å². The van der Waals surface area contributed by atoms with Gasteiger partial charge in [-0.3, -0.25) is 0 Å². The van der Waals surface area contributed by atoms with Crippen LogP contribution in [-0.2, 0) is 13.1 Å². The van der Waals surface area contributed by atoms with Gasteiger partial charge in [0.15, 0.2) is 0 Å². The van der Waals surface area contributed by atoms with E-state index in [1.54, 1.807) is 19.2 Å². The summed E-state index contributed by atoms with van der Waals surface area (Å²) in [6.07, 6.45) is 0.687. The second kappa shape index (κ2) is 5.56. The van der Waals surface area contributed by atoms with Gasteiger partial charge in [-0.05, 0) is 30.7 Å². The number of benzene rings is 1. The van der Waals surface area contributed by atoms with Gasteiger partial charge in [0.05, 0.1) is 14.2 Å². The smallest absolute Gasteiger partial charge is 0.125 e. The molecule has 0 bridgehead atoms. The quantitative estimate of drug-likeness (QED) is 0.809. The number of rotatable bonds is 5. The molecule has 0 atom stereocenters. The summed E-state index contributed by atoms with van der Waals surface area (Å²) < 4.78 is 22.9. The molecule has 0 aliphatic heterocycles. The molecule has 84 valence electrons. The summed E-state index contributed by atoms with van der Waals surface area (Å²) in [6.45, 7) is -0.0447. The Morgan fingerprint density at radius 2 is 1.67 bits per heavy atom. The van der Waals surface area contributed by atoms with Gasteiger partial charge in [-0.2, -0.15) is 0 Å². The number of methoxy groups -OCH3 is 2. The highest BCUT2D eigenvalue weighted by Gasteiger charge is 2.10. The Kier molecular flexibility index (Phi) is 4.37. The average molecular weight is 213 g/mol. The summed E-state index contributed by atoms with van der Waals surface area (Å²) in [5, 5.41) is 0. The summed E-state index contributed by atoms with van der Waals surface area (Å²) in [5.74, 6) is 1.20. The van der Waals surface area contributed by atoms with Crippen LogP contribution >= 0.6 is 0 Å². The van der Waals surface area contributed by atoms with Crippen molar-refractivity contribution in [2.45, 2.75) is 13.1 Å². The van der Waals surface area contributed by atoms with Gasteiger partial charge in [-0.25, -0.2) is 4.39 Å². The molecule has 0 fully saturated rings. The van der Waals surface area contributed by atoms with Gasteiger partial charge in [-0.1, -0.05) is 0 Å². The molecular weight excluding hydrogens is 197 g/mol. The van der Waals surface area contributed by atoms with Crippen molar-refractivity contribution in [2.24, 2.45) is 5.73 Å². The van der Waals surface area contributed by atoms with E-state index in [4.69, 9.17) is 15.2 Å². The Balaban J connectivity index is 3.15. The van der Waals surface area contributed by atoms with E-state index in [0.717, 1.165) is 5.56 Å². The minimum atomic E-state index is -0.567. The lowest BCUT2D eigenvalue weighted by molar-refractivity contribution is 0.382. The Morgan fingerprint density at radius 1 is 1.13 bits per heavy atom. The van der Waals surface area contributed by atoms with E-state index in [2.05, 4.69) is 0 Å². The number of alkyl halides is 1. The van der Waals surface area contributed by atoms with Gasteiger partial charge < -0.3 is 15.2 Å². The van der Waals surface area contributed by atoms with E-state index in [9.17, 15) is 4.39 Å². The van der Waals surface area contributed by atoms with Crippen molar-refractivity contribution < 1.29 is 13.9 Å². The van der Waals surface area contributed by atoms with E-state index >= 15 is 0 Å². The van der Waals surface area contributed by atoms with Gasteiger partial charge in [0.1, 0.15) is 18.2 Å². The molecule has 15 heavy (non-hydrogen) atoms. The third-order valence-electron chi connectivity index (χ3n) is 2.24. The maximum absolute atomic E-state index is 12.6. The molecule has 0 spiro atoms. The Hall–Kier alpha value is -1.29. The van der Waals surface area contributed by atoms with Crippen LogP contribution in [0.1, 0.15) is 11.1 Å². The van der Waals surface area contributed by atoms with Crippen molar-refractivity contribution >= 4 is 0 Å². The topological polar surface area (TPSA) is 44.5 Å². The third kappa shape index (κ3) is 2.59. The van der Waals surface area contributed by atoms with Crippen LogP contribution < -0.4 is 15.2 Å². The highest BCUT2D eigenvalue weighted by molar-refractivity contribution is 5.46. The van der Waals surface area contributed by atoms with Crippen LogP contribution in [0.15, 0.2) is 12.1 Å². The monoisotopic (exact) mass is 213 g/mol. The molecule has 0 aromatic heterocycles. The van der Waals surface area contributed by atoms with Crippen LogP contribution in [0.2, 0.25) is 0 Å². The lowest BCUT2D eigenvalue weighted by Crippen LogP contribution is -2.05. The molecule has 0 aliphatic rings. The molecule has 0 radical (unpaired) electrons. The lowest BCUT2D eigenvalue weighted by Gasteiger charge is -2.12.